The fourth-order valence-corrected chi connectivity index (χ4v) is 6.39. The van der Waals surface area contributed by atoms with Crippen LogP contribution >= 0.6 is 24.8 Å². The molecule has 12 nitrogen and oxygen atoms in total. The average Bonchev–Trinajstić information content (AvgIpc) is 3.19. The van der Waals surface area contributed by atoms with Gasteiger partial charge in [-0.1, -0.05) is 60.7 Å². The summed E-state index contributed by atoms with van der Waals surface area (Å²) in [6.45, 7) is 1.53. The second kappa shape index (κ2) is 25.5. The first-order valence-corrected chi connectivity index (χ1v) is 18.7. The maximum absolute atomic E-state index is 12.8. The van der Waals surface area contributed by atoms with E-state index in [0.717, 1.165) is 45.5 Å². The zero-order chi connectivity index (χ0) is 38.7. The number of hydrogen-bond donors (Lipinski definition) is 4. The van der Waals surface area contributed by atoms with E-state index in [1.807, 2.05) is 72.8 Å². The lowest BCUT2D eigenvalue weighted by Crippen LogP contribution is -2.41. The van der Waals surface area contributed by atoms with Crippen LogP contribution in [0.5, 0.6) is 11.5 Å². The zero-order valence-corrected chi connectivity index (χ0v) is 33.9. The lowest BCUT2D eigenvalue weighted by atomic mass is 9.92. The number of carbonyl (C=O) groups is 4. The number of halogens is 2. The monoisotopic (exact) mass is 814 g/mol. The van der Waals surface area contributed by atoms with Crippen LogP contribution in [0.2, 0.25) is 0 Å². The van der Waals surface area contributed by atoms with Crippen LogP contribution in [0.4, 0.5) is 0 Å². The normalized spacial score (nSPS) is 11.7. The first-order valence-electron chi connectivity index (χ1n) is 18.7. The van der Waals surface area contributed by atoms with Gasteiger partial charge in [0.25, 0.3) is 0 Å². The van der Waals surface area contributed by atoms with Crippen molar-refractivity contribution < 1.29 is 38.1 Å². The van der Waals surface area contributed by atoms with Crippen molar-refractivity contribution in [2.75, 3.05) is 40.5 Å². The molecule has 0 fully saturated rings. The average molecular weight is 816 g/mol. The lowest BCUT2D eigenvalue weighted by molar-refractivity contribution is -0.145. The van der Waals surface area contributed by atoms with E-state index in [0.29, 0.717) is 63.1 Å². The van der Waals surface area contributed by atoms with Gasteiger partial charge in [-0.15, -0.1) is 24.8 Å². The third-order valence-electron chi connectivity index (χ3n) is 9.18. The van der Waals surface area contributed by atoms with Crippen LogP contribution in [0.15, 0.2) is 72.8 Å². The summed E-state index contributed by atoms with van der Waals surface area (Å²) in [7, 11) is 2.61. The highest BCUT2D eigenvalue weighted by Gasteiger charge is 2.23. The summed E-state index contributed by atoms with van der Waals surface area (Å²) < 4.78 is 22.6. The highest BCUT2D eigenvalue weighted by Crippen LogP contribution is 2.45. The summed E-state index contributed by atoms with van der Waals surface area (Å²) in [5.41, 5.74) is 12.9. The fraction of sp³-hybridized carbons (Fsp3) is 0.429. The molecule has 56 heavy (non-hydrogen) atoms. The van der Waals surface area contributed by atoms with Gasteiger partial charge in [-0.05, 0) is 98.1 Å². The molecule has 0 unspecified atom stereocenters. The topological polar surface area (TPSA) is 181 Å². The van der Waals surface area contributed by atoms with Gasteiger partial charge < -0.3 is 41.0 Å². The number of benzene rings is 4. The van der Waals surface area contributed by atoms with E-state index in [1.54, 1.807) is 0 Å². The Kier molecular flexibility index (Phi) is 21.7. The number of carbonyl (C=O) groups excluding carboxylic acids is 4. The maximum Gasteiger partial charge on any atom is 0.328 e. The Morgan fingerprint density at radius 3 is 1.32 bits per heavy atom. The third-order valence-corrected chi connectivity index (χ3v) is 9.18. The number of ether oxygens (including phenoxy) is 4. The molecule has 0 aromatic heterocycles. The molecule has 4 aromatic rings. The van der Waals surface area contributed by atoms with Gasteiger partial charge in [0.1, 0.15) is 23.6 Å². The highest BCUT2D eigenvalue weighted by molar-refractivity contribution is 6.09. The molecule has 0 bridgehead atoms. The molecular formula is C42H56Cl2N4O8. The predicted molar refractivity (Wildman–Crippen MR) is 225 cm³/mol. The summed E-state index contributed by atoms with van der Waals surface area (Å²) in [5, 5.41) is 9.56. The van der Waals surface area contributed by atoms with Crippen LogP contribution < -0.4 is 31.6 Å². The Morgan fingerprint density at radius 2 is 0.946 bits per heavy atom. The molecule has 0 saturated heterocycles. The Morgan fingerprint density at radius 1 is 0.554 bits per heavy atom. The van der Waals surface area contributed by atoms with Gasteiger partial charge in [0.2, 0.25) is 11.8 Å². The minimum atomic E-state index is -0.718. The SMILES string of the molecule is COC(=O)[C@@H](CCCCN)NC(=O)CCCOc1ccc2ccccc2c1-c1c(OCCCC(=O)N[C@H](CCCCN)C(=O)OC)ccc2ccccc12.Cl.Cl. The van der Waals surface area contributed by atoms with Crippen LogP contribution in [0.1, 0.15) is 64.2 Å². The van der Waals surface area contributed by atoms with Crippen molar-refractivity contribution in [3.8, 4) is 22.6 Å². The van der Waals surface area contributed by atoms with E-state index in [1.165, 1.54) is 14.2 Å². The number of esters is 2. The van der Waals surface area contributed by atoms with Crippen molar-refractivity contribution in [2.24, 2.45) is 11.5 Å². The second-order valence-corrected chi connectivity index (χ2v) is 13.1. The van der Waals surface area contributed by atoms with Crippen molar-refractivity contribution >= 4 is 70.1 Å². The minimum absolute atomic E-state index is 0. The number of hydrogen-bond acceptors (Lipinski definition) is 10. The molecule has 0 saturated carbocycles. The smallest absolute Gasteiger partial charge is 0.328 e. The van der Waals surface area contributed by atoms with Crippen molar-refractivity contribution in [1.29, 1.82) is 0 Å². The number of amides is 2. The number of rotatable bonds is 23. The van der Waals surface area contributed by atoms with E-state index in [4.69, 9.17) is 30.4 Å². The fourth-order valence-electron chi connectivity index (χ4n) is 6.39. The molecule has 0 aliphatic rings. The van der Waals surface area contributed by atoms with Crippen LogP contribution in [-0.4, -0.2) is 76.4 Å². The number of fused-ring (bicyclic) bond motifs is 2. The molecule has 4 aromatic carbocycles. The predicted octanol–water partition coefficient (Wildman–Crippen LogP) is 6.40. The lowest BCUT2D eigenvalue weighted by Gasteiger charge is -2.20. The number of nitrogens with two attached hydrogens (primary N) is 2. The van der Waals surface area contributed by atoms with Crippen molar-refractivity contribution in [2.45, 2.75) is 76.3 Å². The summed E-state index contributed by atoms with van der Waals surface area (Å²) in [5.74, 6) is -0.206. The Hall–Kier alpha value is -4.62. The molecule has 6 N–H and O–H groups in total. The van der Waals surface area contributed by atoms with E-state index in [-0.39, 0.29) is 62.7 Å². The molecule has 14 heteroatoms. The number of nitrogens with one attached hydrogen (secondary N) is 2. The van der Waals surface area contributed by atoms with Crippen LogP contribution in [0.3, 0.4) is 0 Å². The summed E-state index contributed by atoms with van der Waals surface area (Å²) in [6, 6.07) is 22.5. The van der Waals surface area contributed by atoms with Gasteiger partial charge in [-0.2, -0.15) is 0 Å². The van der Waals surface area contributed by atoms with E-state index >= 15 is 0 Å². The van der Waals surface area contributed by atoms with Crippen LogP contribution in [-0.2, 0) is 28.7 Å². The molecular weight excluding hydrogens is 759 g/mol. The summed E-state index contributed by atoms with van der Waals surface area (Å²) in [4.78, 5) is 50.1. The van der Waals surface area contributed by atoms with Gasteiger partial charge in [0.15, 0.2) is 0 Å². The standard InChI is InChI=1S/C42H54N4O8.2ClH/c1-51-41(49)33(17-7-9-25-43)45-37(47)19-11-27-53-35-23-21-29-13-3-5-15-31(29)39(35)40-32-16-6-4-14-30(32)22-24-36(40)54-28-12-20-38(48)46-34(42(50)52-2)18-8-10-26-44;;/h3-6,13-16,21-24,33-34H,7-12,17-20,25-28,43-44H2,1-2H3,(H,45,47)(H,46,48);2*1H/t33-,34-;;/m1../s1. The molecule has 0 aliphatic carbocycles. The molecule has 0 heterocycles. The van der Waals surface area contributed by atoms with Gasteiger partial charge in [0, 0.05) is 24.0 Å². The van der Waals surface area contributed by atoms with Gasteiger partial charge >= 0.3 is 11.9 Å². The Labute approximate surface area is 341 Å². The third kappa shape index (κ3) is 13.8. The van der Waals surface area contributed by atoms with Crippen molar-refractivity contribution in [1.82, 2.24) is 10.6 Å². The zero-order valence-electron chi connectivity index (χ0n) is 32.2. The van der Waals surface area contributed by atoms with Gasteiger partial charge in [-0.3, -0.25) is 9.59 Å². The largest absolute Gasteiger partial charge is 0.493 e. The molecule has 2 atom stereocenters. The molecule has 0 spiro atoms. The van der Waals surface area contributed by atoms with Gasteiger partial charge in [0.05, 0.1) is 27.4 Å². The van der Waals surface area contributed by atoms with Crippen molar-refractivity contribution in [3.05, 3.63) is 72.8 Å². The molecule has 4 rings (SSSR count). The quantitative estimate of drug-likeness (QED) is 0.0484. The first-order chi connectivity index (χ1) is 26.3. The Bertz CT molecular complexity index is 1730. The van der Waals surface area contributed by atoms with Crippen LogP contribution in [0.25, 0.3) is 32.7 Å². The number of unbranched alkanes of at least 4 members (excludes halogenated alkanes) is 2. The molecule has 2 amide bonds. The van der Waals surface area contributed by atoms with Crippen molar-refractivity contribution in [3.63, 3.8) is 0 Å². The second-order valence-electron chi connectivity index (χ2n) is 13.1. The van der Waals surface area contributed by atoms with E-state index < -0.39 is 24.0 Å². The molecule has 0 radical (unpaired) electrons. The Balaban J connectivity index is 0.00000541. The maximum atomic E-state index is 12.8. The van der Waals surface area contributed by atoms with E-state index in [9.17, 15) is 19.2 Å². The van der Waals surface area contributed by atoms with E-state index in [2.05, 4.69) is 10.6 Å². The van der Waals surface area contributed by atoms with Gasteiger partial charge in [-0.25, -0.2) is 9.59 Å². The molecule has 0 aliphatic heterocycles. The minimum Gasteiger partial charge on any atom is -0.493 e. The number of methoxy groups -OCH3 is 2. The molecule has 306 valence electrons. The first kappa shape index (κ1) is 47.5. The van der Waals surface area contributed by atoms with Crippen LogP contribution in [0, 0.1) is 0 Å². The summed E-state index contributed by atoms with van der Waals surface area (Å²) in [6.07, 6.45) is 4.98. The highest BCUT2D eigenvalue weighted by atomic mass is 35.5. The summed E-state index contributed by atoms with van der Waals surface area (Å²) >= 11 is 0.